The van der Waals surface area contributed by atoms with Gasteiger partial charge in [-0.3, -0.25) is 0 Å². The van der Waals surface area contributed by atoms with E-state index in [2.05, 4.69) is 9.97 Å². The number of nitrogens with zero attached hydrogens (tertiary/aromatic N) is 2. The lowest BCUT2D eigenvalue weighted by atomic mass is 9.89. The van der Waals surface area contributed by atoms with Crippen molar-refractivity contribution in [3.8, 4) is 34.4 Å². The Balaban J connectivity index is 0.000000247. The highest BCUT2D eigenvalue weighted by Gasteiger charge is 2.44. The molecule has 356 valence electrons. The molecule has 0 saturated carbocycles. The van der Waals surface area contributed by atoms with E-state index in [9.17, 15) is 41.0 Å². The number of oxazole rings is 2. The SMILES string of the molecule is C.C.CCC(Oc1ccc(Cl)cc1-c1nc2ccccc2o1)(C(=O)O)c1cccc(C(F)(F)F)c1.CCOC(=O)C(Oc1ccc(Cl)cc1-c1nc2ccccc2o1)c1cccc(C(F)(F)F)c1. The number of ether oxygens (including phenoxy) is 3. The first-order valence-corrected chi connectivity index (χ1v) is 20.6. The van der Waals surface area contributed by atoms with Gasteiger partial charge in [-0.15, -0.1) is 0 Å². The minimum atomic E-state index is -4.64. The fraction of sp³-hybridized carbons (Fsp3) is 0.200. The summed E-state index contributed by atoms with van der Waals surface area (Å²) >= 11 is 12.3. The number of benzene rings is 6. The van der Waals surface area contributed by atoms with Crippen LogP contribution in [-0.4, -0.2) is 33.6 Å². The van der Waals surface area contributed by atoms with Gasteiger partial charge in [0.05, 0.1) is 28.9 Å². The van der Waals surface area contributed by atoms with E-state index in [0.29, 0.717) is 37.8 Å². The number of para-hydroxylation sites is 4. The first kappa shape index (κ1) is 51.9. The van der Waals surface area contributed by atoms with Crippen molar-refractivity contribution in [1.29, 1.82) is 0 Å². The maximum atomic E-state index is 13.3. The summed E-state index contributed by atoms with van der Waals surface area (Å²) in [5.74, 6) is -1.78. The fourth-order valence-corrected chi connectivity index (χ4v) is 7.11. The van der Waals surface area contributed by atoms with Crippen LogP contribution >= 0.6 is 23.2 Å². The number of carbonyl (C=O) groups is 2. The van der Waals surface area contributed by atoms with Gasteiger partial charge in [0, 0.05) is 21.2 Å². The summed E-state index contributed by atoms with van der Waals surface area (Å²) < 4.78 is 108. The van der Waals surface area contributed by atoms with E-state index in [0.717, 1.165) is 30.3 Å². The van der Waals surface area contributed by atoms with Crippen molar-refractivity contribution in [2.45, 2.75) is 59.2 Å². The van der Waals surface area contributed by atoms with Crippen LogP contribution in [0.1, 0.15) is 63.5 Å². The van der Waals surface area contributed by atoms with E-state index in [1.807, 2.05) is 0 Å². The molecule has 6 aromatic carbocycles. The number of fused-ring (bicyclic) bond motifs is 2. The van der Waals surface area contributed by atoms with Crippen LogP contribution in [0.3, 0.4) is 0 Å². The Hall–Kier alpha value is -7.04. The van der Waals surface area contributed by atoms with E-state index in [-0.39, 0.29) is 67.9 Å². The summed E-state index contributed by atoms with van der Waals surface area (Å²) in [6, 6.07) is 31.5. The Morgan fingerprint density at radius 2 is 1.12 bits per heavy atom. The molecule has 10 nitrogen and oxygen atoms in total. The Bertz CT molecular complexity index is 2980. The van der Waals surface area contributed by atoms with Gasteiger partial charge in [-0.25, -0.2) is 19.6 Å². The third-order valence-corrected chi connectivity index (χ3v) is 10.4. The molecule has 0 fully saturated rings. The summed E-state index contributed by atoms with van der Waals surface area (Å²) in [6.07, 6.45) is -10.8. The van der Waals surface area contributed by atoms with Gasteiger partial charge in [0.25, 0.3) is 0 Å². The summed E-state index contributed by atoms with van der Waals surface area (Å²) in [4.78, 5) is 33.9. The molecular weight excluding hydrogens is 941 g/mol. The first-order chi connectivity index (χ1) is 31.4. The van der Waals surface area contributed by atoms with Crippen LogP contribution in [-0.2, 0) is 32.3 Å². The lowest BCUT2D eigenvalue weighted by Gasteiger charge is -2.31. The van der Waals surface area contributed by atoms with Crippen LogP contribution < -0.4 is 9.47 Å². The van der Waals surface area contributed by atoms with Crippen molar-refractivity contribution in [2.75, 3.05) is 6.61 Å². The molecule has 0 aliphatic carbocycles. The molecule has 0 aliphatic heterocycles. The number of alkyl halides is 6. The Labute approximate surface area is 396 Å². The van der Waals surface area contributed by atoms with E-state index >= 15 is 0 Å². The van der Waals surface area contributed by atoms with Crippen LogP contribution in [0.4, 0.5) is 26.3 Å². The second-order valence-corrected chi connectivity index (χ2v) is 15.2. The zero-order chi connectivity index (χ0) is 47.4. The largest absolute Gasteiger partial charge is 0.478 e. The number of halogens is 8. The van der Waals surface area contributed by atoms with Gasteiger partial charge >= 0.3 is 24.3 Å². The predicted molar refractivity (Wildman–Crippen MR) is 245 cm³/mol. The highest BCUT2D eigenvalue weighted by Crippen LogP contribution is 2.42. The summed E-state index contributed by atoms with van der Waals surface area (Å²) in [7, 11) is 0. The van der Waals surface area contributed by atoms with E-state index < -0.39 is 47.1 Å². The monoisotopic (exact) mass is 982 g/mol. The molecule has 0 radical (unpaired) electrons. The molecular formula is C50H42Cl2F6N2O8. The van der Waals surface area contributed by atoms with Crippen molar-refractivity contribution in [2.24, 2.45) is 0 Å². The molecule has 0 saturated heterocycles. The third kappa shape index (κ3) is 11.4. The minimum Gasteiger partial charge on any atom is -0.478 e. The lowest BCUT2D eigenvalue weighted by Crippen LogP contribution is -2.41. The molecule has 2 unspecified atom stereocenters. The molecule has 0 aliphatic rings. The average molecular weight is 984 g/mol. The number of carbonyl (C=O) groups excluding carboxylic acids is 1. The maximum Gasteiger partial charge on any atom is 0.416 e. The number of rotatable bonds is 12. The maximum absolute atomic E-state index is 13.3. The number of aromatic nitrogens is 2. The Kier molecular flexibility index (Phi) is 16.3. The Morgan fingerprint density at radius 3 is 1.62 bits per heavy atom. The molecule has 2 heterocycles. The molecule has 8 rings (SSSR count). The summed E-state index contributed by atoms with van der Waals surface area (Å²) in [5, 5.41) is 10.8. The molecule has 0 spiro atoms. The van der Waals surface area contributed by atoms with Gasteiger partial charge in [-0.1, -0.05) is 93.5 Å². The zero-order valence-corrected chi connectivity index (χ0v) is 35.9. The third-order valence-electron chi connectivity index (χ3n) is 9.98. The lowest BCUT2D eigenvalue weighted by molar-refractivity contribution is -0.157. The van der Waals surface area contributed by atoms with E-state index in [4.69, 9.17) is 46.2 Å². The summed E-state index contributed by atoms with van der Waals surface area (Å²) in [6.45, 7) is 3.13. The second-order valence-electron chi connectivity index (χ2n) is 14.3. The zero-order valence-electron chi connectivity index (χ0n) is 34.4. The fourth-order valence-electron chi connectivity index (χ4n) is 6.77. The minimum absolute atomic E-state index is 0. The van der Waals surface area contributed by atoms with Crippen molar-refractivity contribution >= 4 is 57.3 Å². The highest BCUT2D eigenvalue weighted by atomic mass is 35.5. The smallest absolute Gasteiger partial charge is 0.416 e. The van der Waals surface area contributed by atoms with Gasteiger partial charge in [-0.2, -0.15) is 26.3 Å². The molecule has 68 heavy (non-hydrogen) atoms. The highest BCUT2D eigenvalue weighted by molar-refractivity contribution is 6.31. The number of hydrogen-bond acceptors (Lipinski definition) is 9. The van der Waals surface area contributed by atoms with Gasteiger partial charge < -0.3 is 28.2 Å². The Morgan fingerprint density at radius 1 is 0.632 bits per heavy atom. The molecule has 2 aromatic heterocycles. The molecule has 1 N–H and O–H groups in total. The van der Waals surface area contributed by atoms with Crippen molar-refractivity contribution in [1.82, 2.24) is 9.97 Å². The van der Waals surface area contributed by atoms with Gasteiger partial charge in [0.1, 0.15) is 22.5 Å². The normalized spacial score (nSPS) is 12.7. The standard InChI is InChI=1S/2C24H17ClF3NO4.2CH4/c1-2-23(22(30)31,14-6-5-7-15(12-14)24(26,27)28)33-19-11-10-16(25)13-17(19)21-29-18-8-3-4-9-20(18)32-21;1-2-31-23(30)21(14-6-5-7-15(12-14)24(26,27)28)32-19-11-10-16(25)13-17(19)22-29-18-8-3-4-9-20(18)33-22;;/h3-13H,2H2,1H3,(H,30,31);3-13,21H,2H2,1H3;2*1H4. The molecule has 2 atom stereocenters. The number of carboxylic acids is 1. The van der Waals surface area contributed by atoms with Crippen LogP contribution in [0.25, 0.3) is 45.1 Å². The van der Waals surface area contributed by atoms with E-state index in [1.54, 1.807) is 55.5 Å². The van der Waals surface area contributed by atoms with Crippen LogP contribution in [0.15, 0.2) is 142 Å². The quantitative estimate of drug-likeness (QED) is 0.0931. The topological polar surface area (TPSA) is 134 Å². The number of aliphatic carboxylic acids is 1. The summed E-state index contributed by atoms with van der Waals surface area (Å²) in [5.41, 5.74) is -1.36. The number of esters is 1. The van der Waals surface area contributed by atoms with Crippen molar-refractivity contribution in [3.63, 3.8) is 0 Å². The predicted octanol–water partition coefficient (Wildman–Crippen LogP) is 15.1. The van der Waals surface area contributed by atoms with Crippen LogP contribution in [0.2, 0.25) is 10.0 Å². The number of carboxylic acid groups (broad SMARTS) is 1. The van der Waals surface area contributed by atoms with Gasteiger partial charge in [0.2, 0.25) is 23.5 Å². The van der Waals surface area contributed by atoms with Gasteiger partial charge in [-0.05, 0) is 98.3 Å². The average Bonchev–Trinajstić information content (AvgIpc) is 3.93. The van der Waals surface area contributed by atoms with Crippen molar-refractivity contribution in [3.05, 3.63) is 166 Å². The van der Waals surface area contributed by atoms with Crippen LogP contribution in [0, 0.1) is 0 Å². The van der Waals surface area contributed by atoms with Crippen LogP contribution in [0.5, 0.6) is 11.5 Å². The molecule has 0 amide bonds. The second kappa shape index (κ2) is 21.3. The molecule has 8 aromatic rings. The van der Waals surface area contributed by atoms with E-state index in [1.165, 1.54) is 61.5 Å². The first-order valence-electron chi connectivity index (χ1n) is 19.8. The van der Waals surface area contributed by atoms with Gasteiger partial charge in [0.15, 0.2) is 11.2 Å². The van der Waals surface area contributed by atoms with Crippen molar-refractivity contribution < 1.29 is 64.1 Å². The molecule has 0 bridgehead atoms. The molecule has 18 heteroatoms. The number of hydrogen-bond donors (Lipinski definition) is 1.